The second-order valence-electron chi connectivity index (χ2n) is 5.21. The van der Waals surface area contributed by atoms with Gasteiger partial charge in [0.05, 0.1) is 12.1 Å². The highest BCUT2D eigenvalue weighted by Gasteiger charge is 2.53. The molecular weight excluding hydrogens is 218 g/mol. The summed E-state index contributed by atoms with van der Waals surface area (Å²) in [6.07, 6.45) is 5.24. The normalized spacial score (nSPS) is 37.0. The maximum atomic E-state index is 11.4. The molecule has 0 aromatic rings. The van der Waals surface area contributed by atoms with Crippen molar-refractivity contribution in [1.29, 1.82) is 0 Å². The van der Waals surface area contributed by atoms with E-state index in [0.29, 0.717) is 0 Å². The highest BCUT2D eigenvalue weighted by Crippen LogP contribution is 2.39. The zero-order chi connectivity index (χ0) is 11.9. The molecule has 2 saturated heterocycles. The largest absolute Gasteiger partial charge is 0.373 e. The average molecular weight is 237 g/mol. The van der Waals surface area contributed by atoms with Gasteiger partial charge in [0, 0.05) is 39.5 Å². The molecule has 0 aliphatic carbocycles. The van der Waals surface area contributed by atoms with Crippen LogP contribution in [0, 0.1) is 5.92 Å². The highest BCUT2D eigenvalue weighted by atomic mass is 16.7. The van der Waals surface area contributed by atoms with Crippen LogP contribution in [-0.4, -0.2) is 53.8 Å². The molecule has 94 valence electrons. The smallest absolute Gasteiger partial charge is 0.219 e. The van der Waals surface area contributed by atoms with Gasteiger partial charge in [0.2, 0.25) is 11.6 Å². The van der Waals surface area contributed by atoms with Crippen LogP contribution in [-0.2, 0) is 9.63 Å². The number of fused-ring (bicyclic) bond motifs is 1. The summed E-state index contributed by atoms with van der Waals surface area (Å²) >= 11 is 0. The lowest BCUT2D eigenvalue weighted by Gasteiger charge is -2.45. The second kappa shape index (κ2) is 3.98. The third-order valence-electron chi connectivity index (χ3n) is 4.27. The first kappa shape index (κ1) is 11.0. The van der Waals surface area contributed by atoms with Gasteiger partial charge in [-0.05, 0) is 12.8 Å². The Morgan fingerprint density at radius 2 is 2.18 bits per heavy atom. The zero-order valence-electron chi connectivity index (χ0n) is 10.3. The van der Waals surface area contributed by atoms with Crippen molar-refractivity contribution in [2.75, 3.05) is 26.2 Å². The van der Waals surface area contributed by atoms with E-state index in [1.165, 1.54) is 12.8 Å². The van der Waals surface area contributed by atoms with Gasteiger partial charge in [-0.25, -0.2) is 0 Å². The van der Waals surface area contributed by atoms with Crippen LogP contribution in [0.3, 0.4) is 0 Å². The first-order chi connectivity index (χ1) is 8.22. The Kier molecular flexibility index (Phi) is 2.58. The van der Waals surface area contributed by atoms with E-state index >= 15 is 0 Å². The quantitative estimate of drug-likeness (QED) is 0.673. The summed E-state index contributed by atoms with van der Waals surface area (Å²) in [5.74, 6) is 0.388. The van der Waals surface area contributed by atoms with Crippen LogP contribution in [0.15, 0.2) is 5.16 Å². The molecular formula is C12H19N3O2. The number of oxime groups is 1. The molecule has 0 N–H and O–H groups in total. The fraction of sp³-hybridized carbons (Fsp3) is 0.833. The molecule has 0 bridgehead atoms. The molecule has 0 aromatic heterocycles. The van der Waals surface area contributed by atoms with Crippen molar-refractivity contribution < 1.29 is 9.63 Å². The maximum absolute atomic E-state index is 11.4. The van der Waals surface area contributed by atoms with Gasteiger partial charge >= 0.3 is 0 Å². The molecule has 3 aliphatic heterocycles. The lowest BCUT2D eigenvalue weighted by atomic mass is 9.88. The van der Waals surface area contributed by atoms with E-state index in [1.54, 1.807) is 6.92 Å². The standard InChI is InChI=1S/C12H19N3O2/c1-10(16)14-7-4-12(15-5-2-3-6-15)11(9-14)8-13-17-12/h8,11H,2-7,9H2,1H3. The molecule has 3 aliphatic rings. The second-order valence-corrected chi connectivity index (χ2v) is 5.21. The Morgan fingerprint density at radius 3 is 2.88 bits per heavy atom. The molecule has 2 unspecified atom stereocenters. The highest BCUT2D eigenvalue weighted by molar-refractivity contribution is 5.75. The fourth-order valence-electron chi connectivity index (χ4n) is 3.26. The summed E-state index contributed by atoms with van der Waals surface area (Å²) in [6, 6.07) is 0. The SMILES string of the molecule is CC(=O)N1CCC2(N3CCCC3)ON=CC2C1. The molecule has 0 saturated carbocycles. The molecule has 3 rings (SSSR count). The van der Waals surface area contributed by atoms with Crippen LogP contribution in [0.1, 0.15) is 26.2 Å². The number of hydrogen-bond donors (Lipinski definition) is 0. The molecule has 17 heavy (non-hydrogen) atoms. The predicted molar refractivity (Wildman–Crippen MR) is 63.5 cm³/mol. The summed E-state index contributed by atoms with van der Waals surface area (Å²) in [5.41, 5.74) is -0.248. The first-order valence-electron chi connectivity index (χ1n) is 6.44. The molecule has 2 fully saturated rings. The molecule has 2 atom stereocenters. The summed E-state index contributed by atoms with van der Waals surface area (Å²) in [5, 5.41) is 4.03. The first-order valence-corrected chi connectivity index (χ1v) is 6.44. The van der Waals surface area contributed by atoms with Gasteiger partial charge in [-0.15, -0.1) is 0 Å². The van der Waals surface area contributed by atoms with E-state index in [9.17, 15) is 4.79 Å². The molecule has 0 spiro atoms. The van der Waals surface area contributed by atoms with Crippen molar-refractivity contribution in [3.8, 4) is 0 Å². The van der Waals surface area contributed by atoms with Crippen LogP contribution in [0.25, 0.3) is 0 Å². The maximum Gasteiger partial charge on any atom is 0.219 e. The lowest BCUT2D eigenvalue weighted by Crippen LogP contribution is -2.60. The van der Waals surface area contributed by atoms with Crippen LogP contribution in [0.4, 0.5) is 0 Å². The summed E-state index contributed by atoms with van der Waals surface area (Å²) in [4.78, 5) is 21.5. The van der Waals surface area contributed by atoms with Gasteiger partial charge < -0.3 is 9.74 Å². The molecule has 0 radical (unpaired) electrons. The van der Waals surface area contributed by atoms with Crippen molar-refractivity contribution in [3.05, 3.63) is 0 Å². The van der Waals surface area contributed by atoms with Gasteiger partial charge in [0.15, 0.2) is 0 Å². The van der Waals surface area contributed by atoms with Gasteiger partial charge in [-0.1, -0.05) is 5.16 Å². The van der Waals surface area contributed by atoms with Gasteiger partial charge in [0.25, 0.3) is 0 Å². The average Bonchev–Trinajstić information content (AvgIpc) is 2.97. The van der Waals surface area contributed by atoms with Gasteiger partial charge in [-0.2, -0.15) is 0 Å². The van der Waals surface area contributed by atoms with Crippen molar-refractivity contribution in [2.45, 2.75) is 31.9 Å². The number of amides is 1. The van der Waals surface area contributed by atoms with Crippen molar-refractivity contribution in [3.63, 3.8) is 0 Å². The Hall–Kier alpha value is -1.10. The molecule has 0 aromatic carbocycles. The van der Waals surface area contributed by atoms with E-state index in [1.807, 2.05) is 11.1 Å². The van der Waals surface area contributed by atoms with E-state index in [-0.39, 0.29) is 17.6 Å². The van der Waals surface area contributed by atoms with Crippen LogP contribution >= 0.6 is 0 Å². The van der Waals surface area contributed by atoms with E-state index in [0.717, 1.165) is 32.6 Å². The van der Waals surface area contributed by atoms with Crippen molar-refractivity contribution >= 4 is 12.1 Å². The van der Waals surface area contributed by atoms with Gasteiger partial charge in [0.1, 0.15) is 0 Å². The fourth-order valence-corrected chi connectivity index (χ4v) is 3.26. The molecule has 5 nitrogen and oxygen atoms in total. The number of carbonyl (C=O) groups excluding carboxylic acids is 1. The van der Waals surface area contributed by atoms with Gasteiger partial charge in [-0.3, -0.25) is 9.69 Å². The Bertz CT molecular complexity index is 352. The number of carbonyl (C=O) groups is 1. The number of piperidine rings is 1. The molecule has 5 heteroatoms. The van der Waals surface area contributed by atoms with Crippen molar-refractivity contribution in [1.82, 2.24) is 9.80 Å². The Labute approximate surface area is 101 Å². The van der Waals surface area contributed by atoms with Crippen LogP contribution < -0.4 is 0 Å². The number of nitrogens with zero attached hydrogens (tertiary/aromatic N) is 3. The Morgan fingerprint density at radius 1 is 1.41 bits per heavy atom. The molecule has 1 amide bonds. The van der Waals surface area contributed by atoms with E-state index in [2.05, 4.69) is 10.1 Å². The minimum Gasteiger partial charge on any atom is -0.373 e. The number of likely N-dealkylation sites (tertiary alicyclic amines) is 2. The lowest BCUT2D eigenvalue weighted by molar-refractivity contribution is -0.180. The summed E-state index contributed by atoms with van der Waals surface area (Å²) < 4.78 is 0. The molecule has 3 heterocycles. The Balaban J connectivity index is 1.79. The topological polar surface area (TPSA) is 45.1 Å². The summed E-state index contributed by atoms with van der Waals surface area (Å²) in [6.45, 7) is 5.36. The minimum absolute atomic E-state index is 0.153. The van der Waals surface area contributed by atoms with Crippen LogP contribution in [0.2, 0.25) is 0 Å². The van der Waals surface area contributed by atoms with E-state index < -0.39 is 0 Å². The predicted octanol–water partition coefficient (Wildman–Crippen LogP) is 0.663. The number of rotatable bonds is 1. The third-order valence-corrected chi connectivity index (χ3v) is 4.27. The summed E-state index contributed by atoms with van der Waals surface area (Å²) in [7, 11) is 0. The third kappa shape index (κ3) is 1.64. The monoisotopic (exact) mass is 237 g/mol. The van der Waals surface area contributed by atoms with Crippen molar-refractivity contribution in [2.24, 2.45) is 11.1 Å². The zero-order valence-corrected chi connectivity index (χ0v) is 10.3. The minimum atomic E-state index is -0.248. The van der Waals surface area contributed by atoms with Crippen LogP contribution in [0.5, 0.6) is 0 Å². The van der Waals surface area contributed by atoms with E-state index in [4.69, 9.17) is 4.84 Å². The number of hydrogen-bond acceptors (Lipinski definition) is 4.